The monoisotopic (exact) mass is 278 g/mol. The Morgan fingerprint density at radius 2 is 2.16 bits per heavy atom. The summed E-state index contributed by atoms with van der Waals surface area (Å²) >= 11 is 5.72. The van der Waals surface area contributed by atoms with Crippen LogP contribution in [0.15, 0.2) is 36.8 Å². The van der Waals surface area contributed by atoms with Crippen LogP contribution < -0.4 is 5.32 Å². The van der Waals surface area contributed by atoms with E-state index in [1.165, 1.54) is 36.8 Å². The largest absolute Gasteiger partial charge is 0.305 e. The van der Waals surface area contributed by atoms with E-state index in [2.05, 4.69) is 15.3 Å². The predicted molar refractivity (Wildman–Crippen MR) is 68.1 cm³/mol. The van der Waals surface area contributed by atoms with E-state index in [0.717, 1.165) is 0 Å². The van der Waals surface area contributed by atoms with Crippen LogP contribution in [0, 0.1) is 10.1 Å². The lowest BCUT2D eigenvalue weighted by atomic mass is 10.2. The maximum absolute atomic E-state index is 11.8. The van der Waals surface area contributed by atoms with E-state index in [9.17, 15) is 14.9 Å². The molecule has 7 nitrogen and oxygen atoms in total. The van der Waals surface area contributed by atoms with Crippen molar-refractivity contribution in [1.29, 1.82) is 0 Å². The summed E-state index contributed by atoms with van der Waals surface area (Å²) in [6, 6.07) is 3.72. The molecule has 0 fully saturated rings. The lowest BCUT2D eigenvalue weighted by Crippen LogP contribution is -2.13. The fraction of sp³-hybridized carbons (Fsp3) is 0. The molecule has 2 aromatic rings. The van der Waals surface area contributed by atoms with Crippen molar-refractivity contribution >= 4 is 29.0 Å². The molecule has 1 heterocycles. The summed E-state index contributed by atoms with van der Waals surface area (Å²) in [6.45, 7) is 0. The van der Waals surface area contributed by atoms with Gasteiger partial charge in [-0.25, -0.2) is 4.98 Å². The highest BCUT2D eigenvalue weighted by atomic mass is 35.5. The minimum absolute atomic E-state index is 0.100. The number of anilines is 1. The number of rotatable bonds is 3. The minimum atomic E-state index is -0.618. The number of nitrogens with one attached hydrogen (secondary N) is 1. The molecule has 0 aliphatic rings. The van der Waals surface area contributed by atoms with Crippen molar-refractivity contribution in [3.8, 4) is 0 Å². The predicted octanol–water partition coefficient (Wildman–Crippen LogP) is 2.29. The summed E-state index contributed by atoms with van der Waals surface area (Å²) in [4.78, 5) is 29.5. The number of carbonyl (C=O) groups excluding carboxylic acids is 1. The fourth-order valence-corrected chi connectivity index (χ4v) is 1.60. The Balaban J connectivity index is 2.21. The number of carbonyl (C=O) groups is 1. The zero-order chi connectivity index (χ0) is 13.8. The van der Waals surface area contributed by atoms with Crippen LogP contribution in [0.4, 0.5) is 11.5 Å². The van der Waals surface area contributed by atoms with Gasteiger partial charge in [0, 0.05) is 24.0 Å². The molecule has 1 aromatic carbocycles. The van der Waals surface area contributed by atoms with Crippen LogP contribution >= 0.6 is 11.6 Å². The molecule has 8 heteroatoms. The van der Waals surface area contributed by atoms with E-state index in [0.29, 0.717) is 0 Å². The lowest BCUT2D eigenvalue weighted by Gasteiger charge is -2.04. The van der Waals surface area contributed by atoms with Gasteiger partial charge in [-0.3, -0.25) is 19.9 Å². The molecular weight excluding hydrogens is 272 g/mol. The van der Waals surface area contributed by atoms with Gasteiger partial charge in [0.05, 0.1) is 11.1 Å². The van der Waals surface area contributed by atoms with Crippen molar-refractivity contribution in [2.24, 2.45) is 0 Å². The van der Waals surface area contributed by atoms with E-state index in [-0.39, 0.29) is 22.1 Å². The topological polar surface area (TPSA) is 98.0 Å². The molecule has 0 atom stereocenters. The second-order valence-corrected chi connectivity index (χ2v) is 3.88. The van der Waals surface area contributed by atoms with Gasteiger partial charge in [-0.2, -0.15) is 0 Å². The zero-order valence-electron chi connectivity index (χ0n) is 9.41. The molecule has 0 unspecified atom stereocenters. The molecule has 0 saturated carbocycles. The number of halogens is 1. The van der Waals surface area contributed by atoms with Gasteiger partial charge in [-0.15, -0.1) is 0 Å². The molecule has 19 heavy (non-hydrogen) atoms. The van der Waals surface area contributed by atoms with Gasteiger partial charge in [-0.05, 0) is 12.1 Å². The first-order valence-electron chi connectivity index (χ1n) is 5.09. The molecule has 1 amide bonds. The summed E-state index contributed by atoms with van der Waals surface area (Å²) in [7, 11) is 0. The molecule has 96 valence electrons. The number of hydrogen-bond acceptors (Lipinski definition) is 5. The number of nitro benzene ring substituents is 1. The summed E-state index contributed by atoms with van der Waals surface area (Å²) in [5.74, 6) is -0.195. The summed E-state index contributed by atoms with van der Waals surface area (Å²) in [5.41, 5.74) is -0.0565. The Bertz CT molecular complexity index is 633. The van der Waals surface area contributed by atoms with Crippen LogP contribution in [-0.2, 0) is 0 Å². The Morgan fingerprint density at radius 1 is 1.37 bits per heavy atom. The molecule has 0 aliphatic carbocycles. The molecule has 1 aromatic heterocycles. The molecule has 0 bridgehead atoms. The van der Waals surface area contributed by atoms with Gasteiger partial charge in [-0.1, -0.05) is 11.6 Å². The first-order chi connectivity index (χ1) is 9.08. The van der Waals surface area contributed by atoms with Crippen LogP contribution in [-0.4, -0.2) is 20.8 Å². The van der Waals surface area contributed by atoms with E-state index >= 15 is 0 Å². The number of nitrogens with zero attached hydrogens (tertiary/aromatic N) is 3. The zero-order valence-corrected chi connectivity index (χ0v) is 10.2. The maximum atomic E-state index is 11.8. The van der Waals surface area contributed by atoms with Crippen molar-refractivity contribution in [2.45, 2.75) is 0 Å². The second-order valence-electron chi connectivity index (χ2n) is 3.47. The SMILES string of the molecule is O=C(Nc1cnccn1)c1ccc([N+](=O)[O-])c(Cl)c1. The summed E-state index contributed by atoms with van der Waals surface area (Å²) < 4.78 is 0. The molecule has 0 saturated heterocycles. The van der Waals surface area contributed by atoms with Gasteiger partial charge < -0.3 is 5.32 Å². The van der Waals surface area contributed by atoms with Crippen LogP contribution in [0.3, 0.4) is 0 Å². The van der Waals surface area contributed by atoms with Crippen LogP contribution in [0.5, 0.6) is 0 Å². The van der Waals surface area contributed by atoms with Crippen molar-refractivity contribution in [3.05, 3.63) is 57.5 Å². The van der Waals surface area contributed by atoms with Crippen LogP contribution in [0.25, 0.3) is 0 Å². The smallest absolute Gasteiger partial charge is 0.287 e. The summed E-state index contributed by atoms with van der Waals surface area (Å²) in [6.07, 6.45) is 4.28. The normalized spacial score (nSPS) is 9.95. The second kappa shape index (κ2) is 5.40. The molecule has 0 radical (unpaired) electrons. The van der Waals surface area contributed by atoms with E-state index < -0.39 is 10.8 Å². The quantitative estimate of drug-likeness (QED) is 0.686. The number of nitro groups is 1. The highest BCUT2D eigenvalue weighted by Gasteiger charge is 2.15. The average molecular weight is 279 g/mol. The lowest BCUT2D eigenvalue weighted by molar-refractivity contribution is -0.384. The minimum Gasteiger partial charge on any atom is -0.305 e. The van der Waals surface area contributed by atoms with Gasteiger partial charge in [0.25, 0.3) is 11.6 Å². The van der Waals surface area contributed by atoms with Gasteiger partial charge in [0.2, 0.25) is 0 Å². The summed E-state index contributed by atoms with van der Waals surface area (Å²) in [5, 5.41) is 13.0. The maximum Gasteiger partial charge on any atom is 0.287 e. The van der Waals surface area contributed by atoms with Crippen LogP contribution in [0.2, 0.25) is 5.02 Å². The first-order valence-corrected chi connectivity index (χ1v) is 5.47. The molecule has 0 aliphatic heterocycles. The average Bonchev–Trinajstić information content (AvgIpc) is 2.39. The highest BCUT2D eigenvalue weighted by Crippen LogP contribution is 2.25. The number of aromatic nitrogens is 2. The molecular formula is C11H7ClN4O3. The van der Waals surface area contributed by atoms with E-state index in [4.69, 9.17) is 11.6 Å². The van der Waals surface area contributed by atoms with Crippen molar-refractivity contribution in [3.63, 3.8) is 0 Å². The highest BCUT2D eigenvalue weighted by molar-refractivity contribution is 6.33. The van der Waals surface area contributed by atoms with Gasteiger partial charge in [0.1, 0.15) is 5.02 Å². The fourth-order valence-electron chi connectivity index (χ4n) is 1.35. The first kappa shape index (κ1) is 12.9. The number of amides is 1. The Hall–Kier alpha value is -2.54. The van der Waals surface area contributed by atoms with E-state index in [1.54, 1.807) is 0 Å². The van der Waals surface area contributed by atoms with Gasteiger partial charge >= 0.3 is 0 Å². The number of benzene rings is 1. The standard InChI is InChI=1S/C11H7ClN4O3/c12-8-5-7(1-2-9(8)16(18)19)11(17)15-10-6-13-3-4-14-10/h1-6H,(H,14,15,17). The third kappa shape index (κ3) is 3.02. The van der Waals surface area contributed by atoms with Crippen molar-refractivity contribution in [1.82, 2.24) is 9.97 Å². The van der Waals surface area contributed by atoms with Crippen molar-refractivity contribution in [2.75, 3.05) is 5.32 Å². The number of hydrogen-bond donors (Lipinski definition) is 1. The van der Waals surface area contributed by atoms with E-state index in [1.807, 2.05) is 0 Å². The van der Waals surface area contributed by atoms with Crippen molar-refractivity contribution < 1.29 is 9.72 Å². The third-order valence-corrected chi connectivity index (χ3v) is 2.51. The molecule has 1 N–H and O–H groups in total. The Kier molecular flexibility index (Phi) is 3.67. The Labute approximate surface area is 112 Å². The third-order valence-electron chi connectivity index (χ3n) is 2.21. The van der Waals surface area contributed by atoms with Gasteiger partial charge in [0.15, 0.2) is 5.82 Å². The molecule has 2 rings (SSSR count). The molecule has 0 spiro atoms. The Morgan fingerprint density at radius 3 is 2.74 bits per heavy atom. The van der Waals surface area contributed by atoms with Crippen LogP contribution in [0.1, 0.15) is 10.4 Å².